The summed E-state index contributed by atoms with van der Waals surface area (Å²) < 4.78 is 37.6. The molecule has 0 spiro atoms. The number of hydrogen-bond donors (Lipinski definition) is 3. The van der Waals surface area contributed by atoms with Gasteiger partial charge in [-0.3, -0.25) is 0 Å². The average molecular weight is 360 g/mol. The molecule has 0 radical (unpaired) electrons. The van der Waals surface area contributed by atoms with E-state index in [-0.39, 0.29) is 17.0 Å². The summed E-state index contributed by atoms with van der Waals surface area (Å²) in [6.07, 6.45) is -2.90. The molecule has 2 aromatic heterocycles. The van der Waals surface area contributed by atoms with E-state index in [2.05, 4.69) is 20.6 Å². The van der Waals surface area contributed by atoms with Crippen molar-refractivity contribution in [1.29, 1.82) is 0 Å². The SMILES string of the molecule is O=C(O)N[C@@H]1CC[C@@H](Nc2ncnc3sc(CC(F)(F)F)cc23)C1. The molecule has 6 nitrogen and oxygen atoms in total. The summed E-state index contributed by atoms with van der Waals surface area (Å²) in [4.78, 5) is 19.5. The number of carbonyl (C=O) groups is 1. The van der Waals surface area contributed by atoms with E-state index in [0.29, 0.717) is 28.9 Å². The number of thiophene rings is 1. The zero-order valence-electron chi connectivity index (χ0n) is 12.4. The summed E-state index contributed by atoms with van der Waals surface area (Å²) >= 11 is 1.00. The van der Waals surface area contributed by atoms with Crippen molar-refractivity contribution in [3.63, 3.8) is 0 Å². The zero-order chi connectivity index (χ0) is 17.3. The van der Waals surface area contributed by atoms with Crippen LogP contribution in [0.2, 0.25) is 0 Å². The Bertz CT molecular complexity index is 749. The van der Waals surface area contributed by atoms with Crippen LogP contribution in [0.3, 0.4) is 0 Å². The Labute approximate surface area is 139 Å². The van der Waals surface area contributed by atoms with Gasteiger partial charge in [0.05, 0.1) is 11.8 Å². The molecule has 10 heteroatoms. The van der Waals surface area contributed by atoms with E-state index >= 15 is 0 Å². The molecule has 3 N–H and O–H groups in total. The molecule has 1 aliphatic carbocycles. The molecular weight excluding hydrogens is 345 g/mol. The van der Waals surface area contributed by atoms with Gasteiger partial charge in [0.25, 0.3) is 0 Å². The predicted octanol–water partition coefficient (Wildman–Crippen LogP) is 3.40. The lowest BCUT2D eigenvalue weighted by molar-refractivity contribution is -0.126. The van der Waals surface area contributed by atoms with Gasteiger partial charge >= 0.3 is 12.3 Å². The van der Waals surface area contributed by atoms with Gasteiger partial charge in [-0.1, -0.05) is 0 Å². The van der Waals surface area contributed by atoms with Gasteiger partial charge < -0.3 is 15.7 Å². The topological polar surface area (TPSA) is 87.1 Å². The van der Waals surface area contributed by atoms with E-state index in [1.807, 2.05) is 0 Å². The van der Waals surface area contributed by atoms with Crippen molar-refractivity contribution in [2.45, 2.75) is 43.9 Å². The Kier molecular flexibility index (Phi) is 4.48. The second kappa shape index (κ2) is 6.42. The van der Waals surface area contributed by atoms with E-state index in [9.17, 15) is 18.0 Å². The van der Waals surface area contributed by atoms with Crippen LogP contribution >= 0.6 is 11.3 Å². The number of halogens is 3. The molecule has 1 saturated carbocycles. The molecule has 2 atom stereocenters. The van der Waals surface area contributed by atoms with Crippen LogP contribution in [0.4, 0.5) is 23.8 Å². The van der Waals surface area contributed by atoms with Gasteiger partial charge in [0.15, 0.2) is 0 Å². The Morgan fingerprint density at radius 3 is 2.79 bits per heavy atom. The molecule has 2 aromatic rings. The van der Waals surface area contributed by atoms with Gasteiger partial charge in [-0.25, -0.2) is 14.8 Å². The fourth-order valence-electron chi connectivity index (χ4n) is 2.92. The predicted molar refractivity (Wildman–Crippen MR) is 83.4 cm³/mol. The van der Waals surface area contributed by atoms with Crippen molar-refractivity contribution in [2.24, 2.45) is 0 Å². The van der Waals surface area contributed by atoms with E-state index in [1.54, 1.807) is 0 Å². The molecule has 1 amide bonds. The Hall–Kier alpha value is -2.10. The maximum atomic E-state index is 12.5. The molecule has 1 aliphatic rings. The highest BCUT2D eigenvalue weighted by Crippen LogP contribution is 2.33. The van der Waals surface area contributed by atoms with E-state index in [4.69, 9.17) is 5.11 Å². The summed E-state index contributed by atoms with van der Waals surface area (Å²) in [7, 11) is 0. The van der Waals surface area contributed by atoms with Crippen LogP contribution < -0.4 is 10.6 Å². The number of nitrogens with one attached hydrogen (secondary N) is 2. The van der Waals surface area contributed by atoms with Crippen molar-refractivity contribution in [3.8, 4) is 0 Å². The highest BCUT2D eigenvalue weighted by molar-refractivity contribution is 7.18. The first kappa shape index (κ1) is 16.7. The van der Waals surface area contributed by atoms with Crippen LogP contribution in [0.1, 0.15) is 24.1 Å². The molecule has 0 aliphatic heterocycles. The summed E-state index contributed by atoms with van der Waals surface area (Å²) in [5, 5.41) is 15.0. The monoisotopic (exact) mass is 360 g/mol. The molecule has 1 fully saturated rings. The zero-order valence-corrected chi connectivity index (χ0v) is 13.2. The van der Waals surface area contributed by atoms with Crippen LogP contribution in [0.15, 0.2) is 12.4 Å². The standard InChI is InChI=1S/C14H15F3N4O2S/c15-14(16,17)5-9-4-10-11(18-6-19-12(10)24-9)20-7-1-2-8(3-7)21-13(22)23/h4,6-8,21H,1-3,5H2,(H,22,23)(H,18,19,20)/t7-,8-/m1/s1. The number of fused-ring (bicyclic) bond motifs is 1. The van der Waals surface area contributed by atoms with Crippen LogP contribution in [-0.4, -0.2) is 39.4 Å². The highest BCUT2D eigenvalue weighted by atomic mass is 32.1. The Morgan fingerprint density at radius 1 is 1.33 bits per heavy atom. The summed E-state index contributed by atoms with van der Waals surface area (Å²) in [5.74, 6) is 0.491. The minimum atomic E-state index is -4.26. The first-order chi connectivity index (χ1) is 11.3. The summed E-state index contributed by atoms with van der Waals surface area (Å²) in [6, 6.07) is 1.36. The number of aromatic nitrogens is 2. The van der Waals surface area contributed by atoms with Crippen LogP contribution in [-0.2, 0) is 6.42 Å². The van der Waals surface area contributed by atoms with E-state index in [0.717, 1.165) is 17.8 Å². The lowest BCUT2D eigenvalue weighted by atomic mass is 10.2. The number of anilines is 1. The van der Waals surface area contributed by atoms with Gasteiger partial charge in [0.1, 0.15) is 17.0 Å². The minimum absolute atomic E-state index is 0.0194. The number of rotatable bonds is 4. The van der Waals surface area contributed by atoms with Crippen molar-refractivity contribution < 1.29 is 23.1 Å². The van der Waals surface area contributed by atoms with Gasteiger partial charge in [0.2, 0.25) is 0 Å². The van der Waals surface area contributed by atoms with E-state index in [1.165, 1.54) is 12.4 Å². The number of amides is 1. The van der Waals surface area contributed by atoms with Gasteiger partial charge in [-0.15, -0.1) is 11.3 Å². The van der Waals surface area contributed by atoms with Crippen LogP contribution in [0.5, 0.6) is 0 Å². The third-order valence-corrected chi connectivity index (χ3v) is 4.90. The number of nitrogens with zero attached hydrogens (tertiary/aromatic N) is 2. The number of hydrogen-bond acceptors (Lipinski definition) is 5. The summed E-state index contributed by atoms with van der Waals surface area (Å²) in [6.45, 7) is 0. The van der Waals surface area contributed by atoms with Gasteiger partial charge in [-0.05, 0) is 25.3 Å². The molecule has 2 heterocycles. The maximum Gasteiger partial charge on any atom is 0.404 e. The first-order valence-corrected chi connectivity index (χ1v) is 8.18. The molecule has 3 rings (SSSR count). The van der Waals surface area contributed by atoms with Crippen LogP contribution in [0, 0.1) is 0 Å². The second-order valence-electron chi connectivity index (χ2n) is 5.75. The molecule has 0 saturated heterocycles. The molecule has 0 aromatic carbocycles. The second-order valence-corrected chi connectivity index (χ2v) is 6.86. The lowest BCUT2D eigenvalue weighted by Gasteiger charge is -2.14. The van der Waals surface area contributed by atoms with Crippen molar-refractivity contribution in [2.75, 3.05) is 5.32 Å². The summed E-state index contributed by atoms with van der Waals surface area (Å²) in [5.41, 5.74) is 0. The minimum Gasteiger partial charge on any atom is -0.465 e. The van der Waals surface area contributed by atoms with Crippen molar-refractivity contribution in [1.82, 2.24) is 15.3 Å². The lowest BCUT2D eigenvalue weighted by Crippen LogP contribution is -2.32. The largest absolute Gasteiger partial charge is 0.465 e. The molecular formula is C14H15F3N4O2S. The molecule has 130 valence electrons. The Balaban J connectivity index is 1.74. The quantitative estimate of drug-likeness (QED) is 0.778. The third-order valence-electron chi connectivity index (χ3n) is 3.86. The van der Waals surface area contributed by atoms with Gasteiger partial charge in [0, 0.05) is 17.0 Å². The molecule has 24 heavy (non-hydrogen) atoms. The Morgan fingerprint density at radius 2 is 2.08 bits per heavy atom. The van der Waals surface area contributed by atoms with Crippen molar-refractivity contribution in [3.05, 3.63) is 17.3 Å². The normalized spacial score (nSPS) is 21.1. The average Bonchev–Trinajstić information content (AvgIpc) is 3.03. The first-order valence-electron chi connectivity index (χ1n) is 7.36. The highest BCUT2D eigenvalue weighted by Gasteiger charge is 2.30. The van der Waals surface area contributed by atoms with Gasteiger partial charge in [-0.2, -0.15) is 13.2 Å². The number of carboxylic acid groups (broad SMARTS) is 1. The third kappa shape index (κ3) is 4.05. The maximum absolute atomic E-state index is 12.5. The molecule has 0 unspecified atom stereocenters. The number of alkyl halides is 3. The molecule has 0 bridgehead atoms. The van der Waals surface area contributed by atoms with Crippen LogP contribution in [0.25, 0.3) is 10.2 Å². The fourth-order valence-corrected chi connectivity index (χ4v) is 3.94. The smallest absolute Gasteiger partial charge is 0.404 e. The van der Waals surface area contributed by atoms with Crippen molar-refractivity contribution >= 4 is 33.5 Å². The van der Waals surface area contributed by atoms with E-state index < -0.39 is 18.7 Å². The fraction of sp³-hybridized carbons (Fsp3) is 0.500.